The first-order valence-corrected chi connectivity index (χ1v) is 7.44. The number of anilines is 3. The molecule has 0 radical (unpaired) electrons. The molecule has 0 atom stereocenters. The van der Waals surface area contributed by atoms with Crippen molar-refractivity contribution in [1.82, 2.24) is 9.97 Å². The molecule has 3 rings (SSSR count). The Hall–Kier alpha value is -3.48. The Morgan fingerprint density at radius 1 is 0.960 bits per heavy atom. The van der Waals surface area contributed by atoms with Crippen molar-refractivity contribution in [3.05, 3.63) is 72.4 Å². The Balaban J connectivity index is 1.64. The van der Waals surface area contributed by atoms with Gasteiger partial charge < -0.3 is 15.4 Å². The zero-order valence-corrected chi connectivity index (χ0v) is 13.4. The van der Waals surface area contributed by atoms with E-state index in [0.717, 1.165) is 0 Å². The van der Waals surface area contributed by atoms with Gasteiger partial charge in [0, 0.05) is 11.4 Å². The second kappa shape index (κ2) is 7.39. The Morgan fingerprint density at radius 3 is 2.24 bits per heavy atom. The summed E-state index contributed by atoms with van der Waals surface area (Å²) in [6.45, 7) is 0. The highest BCUT2D eigenvalue weighted by Gasteiger charge is 2.09. The van der Waals surface area contributed by atoms with Gasteiger partial charge in [0.25, 0.3) is 5.91 Å². The Bertz CT molecular complexity index is 850. The molecule has 0 unspecified atom stereocenters. The zero-order valence-electron chi connectivity index (χ0n) is 13.4. The van der Waals surface area contributed by atoms with Crippen LogP contribution in [0.1, 0.15) is 10.5 Å². The molecule has 0 saturated heterocycles. The number of hydrogen-bond acceptors (Lipinski definition) is 5. The third kappa shape index (κ3) is 4.29. The van der Waals surface area contributed by atoms with Crippen molar-refractivity contribution in [2.75, 3.05) is 17.7 Å². The van der Waals surface area contributed by atoms with E-state index in [1.807, 2.05) is 0 Å². The van der Waals surface area contributed by atoms with E-state index in [1.54, 1.807) is 43.5 Å². The number of hydrogen-bond donors (Lipinski definition) is 2. The highest BCUT2D eigenvalue weighted by atomic mass is 19.1. The zero-order chi connectivity index (χ0) is 17.6. The predicted octanol–water partition coefficient (Wildman–Crippen LogP) is 3.62. The molecule has 6 nitrogen and oxygen atoms in total. The van der Waals surface area contributed by atoms with Gasteiger partial charge in [-0.05, 0) is 48.5 Å². The van der Waals surface area contributed by atoms with Gasteiger partial charge in [-0.15, -0.1) is 0 Å². The molecule has 126 valence electrons. The Kier molecular flexibility index (Phi) is 4.84. The van der Waals surface area contributed by atoms with E-state index in [2.05, 4.69) is 20.6 Å². The van der Waals surface area contributed by atoms with E-state index in [1.165, 1.54) is 24.5 Å². The SMILES string of the molecule is COc1ccc(NC(=O)c2cnc(Nc3ccc(F)cc3)cn2)cc1. The molecule has 0 spiro atoms. The van der Waals surface area contributed by atoms with Crippen LogP contribution in [0.3, 0.4) is 0 Å². The largest absolute Gasteiger partial charge is 0.497 e. The summed E-state index contributed by atoms with van der Waals surface area (Å²) in [5, 5.41) is 5.70. The number of carbonyl (C=O) groups excluding carboxylic acids is 1. The molecule has 7 heteroatoms. The highest BCUT2D eigenvalue weighted by Crippen LogP contribution is 2.16. The van der Waals surface area contributed by atoms with Gasteiger partial charge in [-0.1, -0.05) is 0 Å². The summed E-state index contributed by atoms with van der Waals surface area (Å²) in [6, 6.07) is 12.8. The van der Waals surface area contributed by atoms with E-state index < -0.39 is 0 Å². The minimum absolute atomic E-state index is 0.181. The molecule has 0 aliphatic rings. The van der Waals surface area contributed by atoms with Crippen LogP contribution in [0.5, 0.6) is 5.75 Å². The first kappa shape index (κ1) is 16.4. The smallest absolute Gasteiger partial charge is 0.275 e. The molecule has 0 aliphatic carbocycles. The Labute approximate surface area is 143 Å². The van der Waals surface area contributed by atoms with E-state index in [9.17, 15) is 9.18 Å². The predicted molar refractivity (Wildman–Crippen MR) is 92.7 cm³/mol. The van der Waals surface area contributed by atoms with Crippen molar-refractivity contribution in [3.8, 4) is 5.75 Å². The summed E-state index contributed by atoms with van der Waals surface area (Å²) in [5.74, 6) is 0.467. The van der Waals surface area contributed by atoms with Crippen LogP contribution < -0.4 is 15.4 Å². The summed E-state index contributed by atoms with van der Waals surface area (Å²) in [7, 11) is 1.57. The monoisotopic (exact) mass is 338 g/mol. The normalized spacial score (nSPS) is 10.2. The van der Waals surface area contributed by atoms with Gasteiger partial charge in [-0.3, -0.25) is 4.79 Å². The first-order valence-electron chi connectivity index (χ1n) is 7.44. The number of nitrogens with one attached hydrogen (secondary N) is 2. The van der Waals surface area contributed by atoms with E-state index in [-0.39, 0.29) is 17.4 Å². The van der Waals surface area contributed by atoms with Crippen LogP contribution in [-0.2, 0) is 0 Å². The molecule has 0 bridgehead atoms. The lowest BCUT2D eigenvalue weighted by Gasteiger charge is -2.07. The second-order valence-electron chi connectivity index (χ2n) is 5.10. The molecular formula is C18H15FN4O2. The van der Waals surface area contributed by atoms with Gasteiger partial charge in [0.15, 0.2) is 0 Å². The number of benzene rings is 2. The van der Waals surface area contributed by atoms with E-state index >= 15 is 0 Å². The van der Waals surface area contributed by atoms with E-state index in [0.29, 0.717) is 22.9 Å². The van der Waals surface area contributed by atoms with Crippen LogP contribution in [0.25, 0.3) is 0 Å². The van der Waals surface area contributed by atoms with Gasteiger partial charge in [0.1, 0.15) is 23.1 Å². The molecular weight excluding hydrogens is 323 g/mol. The fourth-order valence-electron chi connectivity index (χ4n) is 2.06. The molecule has 25 heavy (non-hydrogen) atoms. The number of amides is 1. The minimum atomic E-state index is -0.369. The van der Waals surface area contributed by atoms with Crippen LogP contribution in [0, 0.1) is 5.82 Å². The molecule has 1 amide bonds. The fourth-order valence-corrected chi connectivity index (χ4v) is 2.06. The number of rotatable bonds is 5. The first-order chi connectivity index (χ1) is 12.1. The average molecular weight is 338 g/mol. The maximum Gasteiger partial charge on any atom is 0.275 e. The summed E-state index contributed by atoms with van der Waals surface area (Å²) in [6.07, 6.45) is 2.80. The number of aromatic nitrogens is 2. The quantitative estimate of drug-likeness (QED) is 0.743. The lowest BCUT2D eigenvalue weighted by atomic mass is 10.3. The van der Waals surface area contributed by atoms with Gasteiger partial charge in [0.2, 0.25) is 0 Å². The van der Waals surface area contributed by atoms with Crippen LogP contribution in [-0.4, -0.2) is 23.0 Å². The van der Waals surface area contributed by atoms with Gasteiger partial charge in [0.05, 0.1) is 19.5 Å². The Morgan fingerprint density at radius 2 is 1.64 bits per heavy atom. The molecule has 3 aromatic rings. The van der Waals surface area contributed by atoms with Crippen LogP contribution in [0.2, 0.25) is 0 Å². The highest BCUT2D eigenvalue weighted by molar-refractivity contribution is 6.02. The number of nitrogens with zero attached hydrogens (tertiary/aromatic N) is 2. The van der Waals surface area contributed by atoms with Gasteiger partial charge in [-0.25, -0.2) is 14.4 Å². The number of halogens is 1. The third-order valence-electron chi connectivity index (χ3n) is 3.35. The minimum Gasteiger partial charge on any atom is -0.497 e. The summed E-state index contributed by atoms with van der Waals surface area (Å²) in [4.78, 5) is 20.4. The summed E-state index contributed by atoms with van der Waals surface area (Å²) < 4.78 is 17.9. The van der Waals surface area contributed by atoms with Gasteiger partial charge in [-0.2, -0.15) is 0 Å². The molecule has 0 aliphatic heterocycles. The molecule has 2 aromatic carbocycles. The van der Waals surface area contributed by atoms with E-state index in [4.69, 9.17) is 4.74 Å². The topological polar surface area (TPSA) is 76.1 Å². The maximum atomic E-state index is 12.9. The molecule has 1 aromatic heterocycles. The van der Waals surface area contributed by atoms with Crippen LogP contribution in [0.4, 0.5) is 21.6 Å². The average Bonchev–Trinajstić information content (AvgIpc) is 2.65. The third-order valence-corrected chi connectivity index (χ3v) is 3.35. The second-order valence-corrected chi connectivity index (χ2v) is 5.10. The van der Waals surface area contributed by atoms with Crippen molar-refractivity contribution in [2.24, 2.45) is 0 Å². The fraction of sp³-hybridized carbons (Fsp3) is 0.0556. The van der Waals surface area contributed by atoms with Crippen LogP contribution >= 0.6 is 0 Å². The standard InChI is InChI=1S/C18H15FN4O2/c1-25-15-8-6-14(7-9-15)23-18(24)16-10-21-17(11-20-16)22-13-4-2-12(19)3-5-13/h2-11H,1H3,(H,21,22)(H,23,24). The van der Waals surface area contributed by atoms with Crippen molar-refractivity contribution in [2.45, 2.75) is 0 Å². The molecule has 1 heterocycles. The van der Waals surface area contributed by atoms with Crippen molar-refractivity contribution >= 4 is 23.1 Å². The number of ether oxygens (including phenoxy) is 1. The maximum absolute atomic E-state index is 12.9. The lowest BCUT2D eigenvalue weighted by Crippen LogP contribution is -2.14. The molecule has 0 fully saturated rings. The molecule has 2 N–H and O–H groups in total. The van der Waals surface area contributed by atoms with Crippen molar-refractivity contribution in [1.29, 1.82) is 0 Å². The molecule has 0 saturated carbocycles. The summed E-state index contributed by atoms with van der Waals surface area (Å²) in [5.41, 5.74) is 1.48. The number of methoxy groups -OCH3 is 1. The van der Waals surface area contributed by atoms with Crippen molar-refractivity contribution in [3.63, 3.8) is 0 Å². The van der Waals surface area contributed by atoms with Crippen molar-refractivity contribution < 1.29 is 13.9 Å². The van der Waals surface area contributed by atoms with Gasteiger partial charge >= 0.3 is 0 Å². The lowest BCUT2D eigenvalue weighted by molar-refractivity contribution is 0.102. The summed E-state index contributed by atoms with van der Waals surface area (Å²) >= 11 is 0. The number of carbonyl (C=O) groups is 1. The van der Waals surface area contributed by atoms with Crippen LogP contribution in [0.15, 0.2) is 60.9 Å².